The molecule has 20 heavy (non-hydrogen) atoms. The molecule has 2 aromatic rings. The first-order valence-corrected chi connectivity index (χ1v) is 7.17. The van der Waals surface area contributed by atoms with Crippen LogP contribution in [-0.2, 0) is 6.42 Å². The number of hydrogen-bond acceptors (Lipinski definition) is 4. The third kappa shape index (κ3) is 3.70. The van der Waals surface area contributed by atoms with Gasteiger partial charge in [0.15, 0.2) is 0 Å². The summed E-state index contributed by atoms with van der Waals surface area (Å²) in [5, 5.41) is 6.69. The van der Waals surface area contributed by atoms with E-state index in [1.165, 1.54) is 5.56 Å². The second-order valence-corrected chi connectivity index (χ2v) is 4.77. The molecule has 0 atom stereocenters. The molecule has 106 valence electrons. The van der Waals surface area contributed by atoms with Gasteiger partial charge in [0.2, 0.25) is 0 Å². The summed E-state index contributed by atoms with van der Waals surface area (Å²) in [5.41, 5.74) is 2.28. The zero-order valence-corrected chi connectivity index (χ0v) is 12.4. The molecular weight excluding hydrogens is 248 g/mol. The summed E-state index contributed by atoms with van der Waals surface area (Å²) in [6.07, 6.45) is 1.90. The van der Waals surface area contributed by atoms with Crippen molar-refractivity contribution in [2.24, 2.45) is 0 Å². The number of aryl methyl sites for hydroxylation is 2. The maximum absolute atomic E-state index is 4.53. The molecule has 4 nitrogen and oxygen atoms in total. The lowest BCUT2D eigenvalue weighted by Gasteiger charge is -2.12. The number of nitrogens with zero attached hydrogens (tertiary/aromatic N) is 2. The van der Waals surface area contributed by atoms with E-state index in [0.29, 0.717) is 0 Å². The topological polar surface area (TPSA) is 49.8 Å². The van der Waals surface area contributed by atoms with Crippen LogP contribution in [0, 0.1) is 6.92 Å². The highest BCUT2D eigenvalue weighted by Gasteiger charge is 2.04. The molecule has 0 saturated carbocycles. The minimum absolute atomic E-state index is 0.824. The number of benzene rings is 1. The average Bonchev–Trinajstić information content (AvgIpc) is 2.47. The van der Waals surface area contributed by atoms with Gasteiger partial charge in [0.1, 0.15) is 17.5 Å². The molecule has 0 radical (unpaired) electrons. The molecule has 1 heterocycles. The van der Waals surface area contributed by atoms with Crippen LogP contribution in [0.1, 0.15) is 31.7 Å². The third-order valence-corrected chi connectivity index (χ3v) is 3.05. The van der Waals surface area contributed by atoms with Crippen LogP contribution in [0.15, 0.2) is 30.3 Å². The predicted octanol–water partition coefficient (Wildman–Crippen LogP) is 3.91. The molecule has 1 aromatic heterocycles. The van der Waals surface area contributed by atoms with Crippen molar-refractivity contribution in [2.45, 2.75) is 33.6 Å². The Bertz CT molecular complexity index is 566. The molecule has 0 amide bonds. The monoisotopic (exact) mass is 270 g/mol. The molecule has 0 aliphatic rings. The molecule has 0 aliphatic heterocycles. The summed E-state index contributed by atoms with van der Waals surface area (Å²) in [4.78, 5) is 9.03. The van der Waals surface area contributed by atoms with Gasteiger partial charge in [-0.25, -0.2) is 9.97 Å². The fraction of sp³-hybridized carbons (Fsp3) is 0.375. The molecule has 1 aromatic carbocycles. The highest BCUT2D eigenvalue weighted by molar-refractivity contribution is 5.62. The highest BCUT2D eigenvalue weighted by atomic mass is 15.1. The van der Waals surface area contributed by atoms with Crippen molar-refractivity contribution in [3.8, 4) is 0 Å². The summed E-state index contributed by atoms with van der Waals surface area (Å²) >= 11 is 0. The Kier molecular flexibility index (Phi) is 4.93. The van der Waals surface area contributed by atoms with Gasteiger partial charge in [0.05, 0.1) is 0 Å². The van der Waals surface area contributed by atoms with Crippen LogP contribution in [0.25, 0.3) is 0 Å². The Labute approximate surface area is 120 Å². The van der Waals surface area contributed by atoms with Crippen LogP contribution >= 0.6 is 0 Å². The van der Waals surface area contributed by atoms with Gasteiger partial charge in [-0.05, 0) is 25.0 Å². The lowest BCUT2D eigenvalue weighted by molar-refractivity contribution is 0.919. The second-order valence-electron chi connectivity index (χ2n) is 4.77. The molecule has 2 rings (SSSR count). The van der Waals surface area contributed by atoms with Crippen LogP contribution in [0.5, 0.6) is 0 Å². The van der Waals surface area contributed by atoms with Crippen molar-refractivity contribution in [2.75, 3.05) is 17.2 Å². The minimum Gasteiger partial charge on any atom is -0.370 e. The molecule has 0 fully saturated rings. The molecule has 0 spiro atoms. The van der Waals surface area contributed by atoms with Gasteiger partial charge in [0, 0.05) is 24.7 Å². The first-order valence-electron chi connectivity index (χ1n) is 7.17. The summed E-state index contributed by atoms with van der Waals surface area (Å²) in [6, 6.07) is 10.2. The molecule has 2 N–H and O–H groups in total. The van der Waals surface area contributed by atoms with E-state index < -0.39 is 0 Å². The van der Waals surface area contributed by atoms with Gasteiger partial charge in [-0.3, -0.25) is 0 Å². The van der Waals surface area contributed by atoms with E-state index in [1.54, 1.807) is 0 Å². The Morgan fingerprint density at radius 2 is 1.80 bits per heavy atom. The zero-order chi connectivity index (χ0) is 14.4. The lowest BCUT2D eigenvalue weighted by atomic mass is 10.2. The Hall–Kier alpha value is -2.10. The molecule has 0 unspecified atom stereocenters. The summed E-state index contributed by atoms with van der Waals surface area (Å²) in [7, 11) is 0. The van der Waals surface area contributed by atoms with Gasteiger partial charge < -0.3 is 10.6 Å². The maximum atomic E-state index is 4.53. The van der Waals surface area contributed by atoms with E-state index in [9.17, 15) is 0 Å². The van der Waals surface area contributed by atoms with Crippen molar-refractivity contribution in [3.05, 3.63) is 41.7 Å². The van der Waals surface area contributed by atoms with Gasteiger partial charge in [-0.2, -0.15) is 0 Å². The molecule has 4 heteroatoms. The van der Waals surface area contributed by atoms with Crippen molar-refractivity contribution >= 4 is 17.3 Å². The maximum Gasteiger partial charge on any atom is 0.136 e. The third-order valence-electron chi connectivity index (χ3n) is 3.05. The van der Waals surface area contributed by atoms with E-state index in [1.807, 2.05) is 18.2 Å². The Balaban J connectivity index is 2.24. The Morgan fingerprint density at radius 3 is 2.50 bits per heavy atom. The van der Waals surface area contributed by atoms with Gasteiger partial charge >= 0.3 is 0 Å². The van der Waals surface area contributed by atoms with Crippen LogP contribution in [0.2, 0.25) is 0 Å². The van der Waals surface area contributed by atoms with E-state index in [0.717, 1.165) is 42.5 Å². The minimum atomic E-state index is 0.824. The smallest absolute Gasteiger partial charge is 0.136 e. The first-order chi connectivity index (χ1) is 9.72. The summed E-state index contributed by atoms with van der Waals surface area (Å²) in [5.74, 6) is 2.57. The van der Waals surface area contributed by atoms with Crippen molar-refractivity contribution < 1.29 is 0 Å². The van der Waals surface area contributed by atoms with Crippen molar-refractivity contribution in [3.63, 3.8) is 0 Å². The number of para-hydroxylation sites is 1. The van der Waals surface area contributed by atoms with E-state index >= 15 is 0 Å². The van der Waals surface area contributed by atoms with Crippen LogP contribution in [0.3, 0.4) is 0 Å². The van der Waals surface area contributed by atoms with Gasteiger partial charge in [0.25, 0.3) is 0 Å². The summed E-state index contributed by atoms with van der Waals surface area (Å²) < 4.78 is 0. The van der Waals surface area contributed by atoms with E-state index in [2.05, 4.69) is 53.5 Å². The van der Waals surface area contributed by atoms with E-state index in [4.69, 9.17) is 0 Å². The highest BCUT2D eigenvalue weighted by Crippen LogP contribution is 2.20. The van der Waals surface area contributed by atoms with Crippen molar-refractivity contribution in [1.82, 2.24) is 9.97 Å². The fourth-order valence-electron chi connectivity index (χ4n) is 1.91. The quantitative estimate of drug-likeness (QED) is 0.835. The standard InChI is InChI=1S/C16H22N4/c1-4-10-17-15-11-16(20-14(5-2)19-15)18-13-9-7-6-8-12(13)3/h6-9,11H,4-5,10H2,1-3H3,(H2,17,18,19,20). The van der Waals surface area contributed by atoms with Gasteiger partial charge in [-0.15, -0.1) is 0 Å². The largest absolute Gasteiger partial charge is 0.370 e. The van der Waals surface area contributed by atoms with Crippen LogP contribution in [-0.4, -0.2) is 16.5 Å². The predicted molar refractivity (Wildman–Crippen MR) is 84.7 cm³/mol. The molecular formula is C16H22N4. The number of rotatable bonds is 6. The number of anilines is 3. The SMILES string of the molecule is CCCNc1cc(Nc2ccccc2C)nc(CC)n1. The van der Waals surface area contributed by atoms with E-state index in [-0.39, 0.29) is 0 Å². The Morgan fingerprint density at radius 1 is 1.05 bits per heavy atom. The zero-order valence-electron chi connectivity index (χ0n) is 12.4. The molecule has 0 aliphatic carbocycles. The second kappa shape index (κ2) is 6.89. The van der Waals surface area contributed by atoms with Crippen LogP contribution < -0.4 is 10.6 Å². The number of aromatic nitrogens is 2. The summed E-state index contributed by atoms with van der Waals surface area (Å²) in [6.45, 7) is 7.21. The van der Waals surface area contributed by atoms with Crippen LogP contribution in [0.4, 0.5) is 17.3 Å². The molecule has 0 saturated heterocycles. The van der Waals surface area contributed by atoms with Gasteiger partial charge in [-0.1, -0.05) is 32.0 Å². The molecule has 0 bridgehead atoms. The number of hydrogen-bond donors (Lipinski definition) is 2. The lowest BCUT2D eigenvalue weighted by Crippen LogP contribution is -2.07. The normalized spacial score (nSPS) is 10.3. The fourth-order valence-corrected chi connectivity index (χ4v) is 1.91. The van der Waals surface area contributed by atoms with Crippen molar-refractivity contribution in [1.29, 1.82) is 0 Å². The number of nitrogens with one attached hydrogen (secondary N) is 2. The first kappa shape index (κ1) is 14.3. The average molecular weight is 270 g/mol.